The second-order valence-corrected chi connectivity index (χ2v) is 6.82. The smallest absolute Gasteiger partial charge is 0.348 e. The third-order valence-corrected chi connectivity index (χ3v) is 4.94. The van der Waals surface area contributed by atoms with Gasteiger partial charge in [-0.15, -0.1) is 0 Å². The van der Waals surface area contributed by atoms with Gasteiger partial charge in [0.2, 0.25) is 11.4 Å². The van der Waals surface area contributed by atoms with Crippen molar-refractivity contribution in [2.75, 3.05) is 0 Å². The van der Waals surface area contributed by atoms with Crippen LogP contribution in [-0.4, -0.2) is 21.2 Å². The van der Waals surface area contributed by atoms with Gasteiger partial charge in [-0.1, -0.05) is 65.8 Å². The van der Waals surface area contributed by atoms with E-state index in [2.05, 4.69) is 10.1 Å². The van der Waals surface area contributed by atoms with E-state index in [0.717, 1.165) is 5.56 Å². The highest BCUT2D eigenvalue weighted by Crippen LogP contribution is 2.31. The Morgan fingerprint density at radius 2 is 1.68 bits per heavy atom. The van der Waals surface area contributed by atoms with Gasteiger partial charge in [0.05, 0.1) is 0 Å². The molecule has 2 aromatic heterocycles. The summed E-state index contributed by atoms with van der Waals surface area (Å²) in [7, 11) is 0. The molecule has 0 amide bonds. The standard InChI is InChI=1S/C21H16N2O4S/c24-20(26-13-18-22-19(23-27-18)15-11-12-28-14-15)21(25,16-7-3-1-4-8-16)17-9-5-2-6-10-17/h1-12,14,25H,13H2. The van der Waals surface area contributed by atoms with Gasteiger partial charge in [0.1, 0.15) is 0 Å². The fourth-order valence-electron chi connectivity index (χ4n) is 2.82. The molecule has 0 aliphatic heterocycles. The summed E-state index contributed by atoms with van der Waals surface area (Å²) in [5, 5.41) is 19.0. The fraction of sp³-hybridized carbons (Fsp3) is 0.0952. The number of rotatable bonds is 6. The van der Waals surface area contributed by atoms with E-state index in [4.69, 9.17) is 9.26 Å². The fourth-order valence-corrected chi connectivity index (χ4v) is 3.45. The zero-order valence-electron chi connectivity index (χ0n) is 14.7. The van der Waals surface area contributed by atoms with E-state index in [-0.39, 0.29) is 12.5 Å². The van der Waals surface area contributed by atoms with Gasteiger partial charge in [0.15, 0.2) is 6.61 Å². The van der Waals surface area contributed by atoms with Crippen molar-refractivity contribution >= 4 is 17.3 Å². The quantitative estimate of drug-likeness (QED) is 0.503. The number of hydrogen-bond acceptors (Lipinski definition) is 7. The van der Waals surface area contributed by atoms with E-state index in [1.165, 1.54) is 11.3 Å². The number of aliphatic hydroxyl groups is 1. The van der Waals surface area contributed by atoms with Crippen LogP contribution in [0.2, 0.25) is 0 Å². The Balaban J connectivity index is 1.57. The second-order valence-electron chi connectivity index (χ2n) is 6.04. The molecular formula is C21H16N2O4S. The Labute approximate surface area is 165 Å². The maximum Gasteiger partial charge on any atom is 0.348 e. The molecule has 0 radical (unpaired) electrons. The Kier molecular flexibility index (Phi) is 5.01. The normalized spacial score (nSPS) is 11.3. The zero-order chi connectivity index (χ0) is 19.4. The number of carbonyl (C=O) groups is 1. The number of nitrogens with zero attached hydrogens (tertiary/aromatic N) is 2. The van der Waals surface area contributed by atoms with Crippen molar-refractivity contribution in [1.82, 2.24) is 10.1 Å². The molecule has 0 atom stereocenters. The lowest BCUT2D eigenvalue weighted by atomic mass is 9.86. The first kappa shape index (κ1) is 18.1. The monoisotopic (exact) mass is 392 g/mol. The summed E-state index contributed by atoms with van der Waals surface area (Å²) in [6.07, 6.45) is 0. The number of thiophene rings is 1. The van der Waals surface area contributed by atoms with E-state index in [1.54, 1.807) is 48.5 Å². The van der Waals surface area contributed by atoms with Crippen LogP contribution in [0, 0.1) is 0 Å². The average molecular weight is 392 g/mol. The summed E-state index contributed by atoms with van der Waals surface area (Å²) >= 11 is 1.52. The molecule has 1 N–H and O–H groups in total. The molecule has 28 heavy (non-hydrogen) atoms. The molecule has 0 aliphatic rings. The van der Waals surface area contributed by atoms with Crippen molar-refractivity contribution in [2.45, 2.75) is 12.2 Å². The predicted molar refractivity (Wildman–Crippen MR) is 103 cm³/mol. The molecule has 2 heterocycles. The summed E-state index contributed by atoms with van der Waals surface area (Å²) in [6.45, 7) is -0.238. The van der Waals surface area contributed by atoms with Crippen LogP contribution in [0.1, 0.15) is 17.0 Å². The van der Waals surface area contributed by atoms with Crippen LogP contribution in [0.25, 0.3) is 11.4 Å². The highest BCUT2D eigenvalue weighted by atomic mass is 32.1. The van der Waals surface area contributed by atoms with Gasteiger partial charge in [-0.05, 0) is 22.6 Å². The molecule has 0 saturated heterocycles. The van der Waals surface area contributed by atoms with Crippen LogP contribution < -0.4 is 0 Å². The molecule has 0 bridgehead atoms. The van der Waals surface area contributed by atoms with Gasteiger partial charge < -0.3 is 14.4 Å². The highest BCUT2D eigenvalue weighted by Gasteiger charge is 2.41. The molecule has 0 spiro atoms. The number of aromatic nitrogens is 2. The molecule has 6 nitrogen and oxygen atoms in total. The van der Waals surface area contributed by atoms with Crippen molar-refractivity contribution in [3.8, 4) is 11.4 Å². The van der Waals surface area contributed by atoms with Crippen molar-refractivity contribution < 1.29 is 19.2 Å². The first-order chi connectivity index (χ1) is 13.7. The predicted octanol–water partition coefficient (Wildman–Crippen LogP) is 3.78. The maximum absolute atomic E-state index is 12.9. The van der Waals surface area contributed by atoms with Crippen molar-refractivity contribution in [3.63, 3.8) is 0 Å². The SMILES string of the molecule is O=C(OCc1nc(-c2ccsc2)no1)C(O)(c1ccccc1)c1ccccc1. The lowest BCUT2D eigenvalue weighted by molar-refractivity contribution is -0.164. The van der Waals surface area contributed by atoms with E-state index in [0.29, 0.717) is 17.0 Å². The van der Waals surface area contributed by atoms with Crippen LogP contribution in [-0.2, 0) is 21.7 Å². The van der Waals surface area contributed by atoms with Crippen molar-refractivity contribution in [3.05, 3.63) is 94.5 Å². The third-order valence-electron chi connectivity index (χ3n) is 4.25. The Bertz CT molecular complexity index is 1010. The molecule has 0 unspecified atom stereocenters. The van der Waals surface area contributed by atoms with Gasteiger partial charge in [0.25, 0.3) is 5.89 Å². The van der Waals surface area contributed by atoms with Gasteiger partial charge >= 0.3 is 5.97 Å². The Morgan fingerprint density at radius 1 is 1.04 bits per heavy atom. The van der Waals surface area contributed by atoms with Gasteiger partial charge in [-0.3, -0.25) is 0 Å². The van der Waals surface area contributed by atoms with Crippen LogP contribution in [0.3, 0.4) is 0 Å². The minimum absolute atomic E-state index is 0.151. The van der Waals surface area contributed by atoms with Crippen molar-refractivity contribution in [1.29, 1.82) is 0 Å². The average Bonchev–Trinajstić information content (AvgIpc) is 3.44. The van der Waals surface area contributed by atoms with Crippen LogP contribution in [0.5, 0.6) is 0 Å². The number of benzene rings is 2. The summed E-state index contributed by atoms with van der Waals surface area (Å²) < 4.78 is 10.5. The molecular weight excluding hydrogens is 376 g/mol. The summed E-state index contributed by atoms with van der Waals surface area (Å²) in [5.74, 6) is -0.244. The summed E-state index contributed by atoms with van der Waals surface area (Å²) in [6, 6.07) is 19.2. The maximum atomic E-state index is 12.9. The molecule has 0 aliphatic carbocycles. The van der Waals surface area contributed by atoms with Gasteiger partial charge in [-0.2, -0.15) is 16.3 Å². The highest BCUT2D eigenvalue weighted by molar-refractivity contribution is 7.08. The van der Waals surface area contributed by atoms with Crippen LogP contribution in [0.4, 0.5) is 0 Å². The second kappa shape index (κ2) is 7.75. The van der Waals surface area contributed by atoms with E-state index in [1.807, 2.05) is 29.0 Å². The minimum Gasteiger partial charge on any atom is -0.453 e. The molecule has 4 aromatic rings. The molecule has 7 heteroatoms. The van der Waals surface area contributed by atoms with E-state index < -0.39 is 11.6 Å². The number of hydrogen-bond donors (Lipinski definition) is 1. The van der Waals surface area contributed by atoms with Gasteiger partial charge in [0, 0.05) is 10.9 Å². The third kappa shape index (κ3) is 3.45. The number of esters is 1. The largest absolute Gasteiger partial charge is 0.453 e. The molecule has 0 fully saturated rings. The van der Waals surface area contributed by atoms with E-state index in [9.17, 15) is 9.90 Å². The Hall–Kier alpha value is -3.29. The summed E-state index contributed by atoms with van der Waals surface area (Å²) in [5.41, 5.74) is -0.290. The summed E-state index contributed by atoms with van der Waals surface area (Å²) in [4.78, 5) is 17.1. The van der Waals surface area contributed by atoms with Crippen LogP contribution >= 0.6 is 11.3 Å². The number of carbonyl (C=O) groups excluding carboxylic acids is 1. The minimum atomic E-state index is -1.95. The first-order valence-electron chi connectivity index (χ1n) is 8.54. The Morgan fingerprint density at radius 3 is 2.25 bits per heavy atom. The zero-order valence-corrected chi connectivity index (χ0v) is 15.5. The first-order valence-corrected chi connectivity index (χ1v) is 9.48. The molecule has 2 aromatic carbocycles. The molecule has 4 rings (SSSR count). The number of ether oxygens (including phenoxy) is 1. The molecule has 0 saturated carbocycles. The lowest BCUT2D eigenvalue weighted by Gasteiger charge is -2.26. The topological polar surface area (TPSA) is 85.5 Å². The van der Waals surface area contributed by atoms with E-state index >= 15 is 0 Å². The van der Waals surface area contributed by atoms with Gasteiger partial charge in [-0.25, -0.2) is 4.79 Å². The van der Waals surface area contributed by atoms with Crippen molar-refractivity contribution in [2.24, 2.45) is 0 Å². The molecule has 140 valence electrons. The lowest BCUT2D eigenvalue weighted by Crippen LogP contribution is -2.38. The van der Waals surface area contributed by atoms with Crippen LogP contribution in [0.15, 0.2) is 82.0 Å².